The minimum absolute atomic E-state index is 0.0460. The molecule has 8 nitrogen and oxygen atoms in total. The number of fused-ring (bicyclic) bond motifs is 1. The van der Waals surface area contributed by atoms with Gasteiger partial charge in [-0.3, -0.25) is 19.3 Å². The molecular weight excluding hydrogens is 388 g/mol. The molecule has 2 aliphatic rings. The van der Waals surface area contributed by atoms with Gasteiger partial charge < -0.3 is 10.2 Å². The SMILES string of the molecule is CC[C@H](C)NC(=O)[C@H]1CSCN1C(=O)CN=C1NS(=O)(=O)c2ccccc21. The Bertz CT molecular complexity index is 885. The van der Waals surface area contributed by atoms with Gasteiger partial charge in [0.15, 0.2) is 0 Å². The number of nitrogens with zero attached hydrogens (tertiary/aromatic N) is 2. The topological polar surface area (TPSA) is 108 Å². The summed E-state index contributed by atoms with van der Waals surface area (Å²) in [5.74, 6) is 0.652. The van der Waals surface area contributed by atoms with Crippen LogP contribution in [0, 0.1) is 0 Å². The van der Waals surface area contributed by atoms with Gasteiger partial charge in [0.1, 0.15) is 18.4 Å². The van der Waals surface area contributed by atoms with Gasteiger partial charge in [-0.25, -0.2) is 8.42 Å². The van der Waals surface area contributed by atoms with Crippen LogP contribution in [0.25, 0.3) is 0 Å². The van der Waals surface area contributed by atoms with Gasteiger partial charge in [0, 0.05) is 17.4 Å². The molecule has 27 heavy (non-hydrogen) atoms. The molecule has 0 radical (unpaired) electrons. The second-order valence-electron chi connectivity index (χ2n) is 6.46. The van der Waals surface area contributed by atoms with Crippen molar-refractivity contribution in [2.75, 3.05) is 18.2 Å². The fourth-order valence-corrected chi connectivity index (χ4v) is 5.27. The third-order valence-electron chi connectivity index (χ3n) is 4.54. The Labute approximate surface area is 162 Å². The number of nitrogens with one attached hydrogen (secondary N) is 2. The molecule has 0 saturated carbocycles. The molecule has 2 atom stereocenters. The lowest BCUT2D eigenvalue weighted by Gasteiger charge is -2.24. The van der Waals surface area contributed by atoms with Crippen molar-refractivity contribution in [1.29, 1.82) is 0 Å². The lowest BCUT2D eigenvalue weighted by Crippen LogP contribution is -2.50. The molecule has 3 rings (SSSR count). The normalized spacial score (nSPS) is 23.0. The van der Waals surface area contributed by atoms with E-state index >= 15 is 0 Å². The van der Waals surface area contributed by atoms with Crippen LogP contribution in [0.1, 0.15) is 25.8 Å². The van der Waals surface area contributed by atoms with E-state index in [1.54, 1.807) is 18.2 Å². The van der Waals surface area contributed by atoms with Crippen LogP contribution in [0.2, 0.25) is 0 Å². The molecule has 0 aromatic heterocycles. The van der Waals surface area contributed by atoms with Crippen LogP contribution in [-0.4, -0.2) is 61.2 Å². The van der Waals surface area contributed by atoms with E-state index in [1.165, 1.54) is 22.7 Å². The molecule has 2 N–H and O–H groups in total. The number of carbonyl (C=O) groups is 2. The maximum atomic E-state index is 12.6. The summed E-state index contributed by atoms with van der Waals surface area (Å²) in [5.41, 5.74) is 0.451. The summed E-state index contributed by atoms with van der Waals surface area (Å²) in [6.45, 7) is 3.68. The number of benzene rings is 1. The van der Waals surface area contributed by atoms with Gasteiger partial charge in [0.05, 0.1) is 10.8 Å². The molecule has 146 valence electrons. The molecule has 0 bridgehead atoms. The highest BCUT2D eigenvalue weighted by atomic mass is 32.2. The van der Waals surface area contributed by atoms with E-state index in [-0.39, 0.29) is 35.1 Å². The Morgan fingerprint density at radius 3 is 2.89 bits per heavy atom. The Hall–Kier alpha value is -2.07. The molecule has 1 aromatic carbocycles. The van der Waals surface area contributed by atoms with Crippen LogP contribution >= 0.6 is 11.8 Å². The fourth-order valence-electron chi connectivity index (χ4n) is 2.84. The van der Waals surface area contributed by atoms with E-state index in [9.17, 15) is 18.0 Å². The standard InChI is InChI=1S/C17H22N4O4S2/c1-3-11(2)19-17(23)13-9-26-10-21(13)15(22)8-18-16-12-6-4-5-7-14(12)27(24,25)20-16/h4-7,11,13H,3,8-10H2,1-2H3,(H,18,20)(H,19,23)/t11-,13+/m0/s1. The minimum Gasteiger partial charge on any atom is -0.352 e. The average Bonchev–Trinajstić information content (AvgIpc) is 3.23. The van der Waals surface area contributed by atoms with Crippen molar-refractivity contribution in [2.45, 2.75) is 37.2 Å². The van der Waals surface area contributed by atoms with Crippen molar-refractivity contribution < 1.29 is 18.0 Å². The van der Waals surface area contributed by atoms with Crippen LogP contribution in [0.15, 0.2) is 34.2 Å². The first-order valence-electron chi connectivity index (χ1n) is 8.67. The summed E-state index contributed by atoms with van der Waals surface area (Å²) < 4.78 is 26.6. The first-order chi connectivity index (χ1) is 12.8. The predicted octanol–water partition coefficient (Wildman–Crippen LogP) is 0.541. The highest BCUT2D eigenvalue weighted by molar-refractivity contribution is 7.99. The van der Waals surface area contributed by atoms with Crippen molar-refractivity contribution in [3.8, 4) is 0 Å². The summed E-state index contributed by atoms with van der Waals surface area (Å²) in [5, 5.41) is 2.90. The maximum Gasteiger partial charge on any atom is 0.263 e. The van der Waals surface area contributed by atoms with Crippen LogP contribution < -0.4 is 10.0 Å². The van der Waals surface area contributed by atoms with Crippen LogP contribution in [0.3, 0.4) is 0 Å². The molecule has 0 unspecified atom stereocenters. The highest BCUT2D eigenvalue weighted by Gasteiger charge is 2.35. The minimum atomic E-state index is -3.64. The van der Waals surface area contributed by atoms with Gasteiger partial charge in [-0.15, -0.1) is 11.8 Å². The molecule has 1 fully saturated rings. The van der Waals surface area contributed by atoms with Crippen LogP contribution in [-0.2, 0) is 19.6 Å². The van der Waals surface area contributed by atoms with E-state index in [1.807, 2.05) is 13.8 Å². The van der Waals surface area contributed by atoms with Crippen molar-refractivity contribution >= 4 is 39.4 Å². The lowest BCUT2D eigenvalue weighted by atomic mass is 10.2. The number of hydrogen-bond acceptors (Lipinski definition) is 6. The zero-order valence-electron chi connectivity index (χ0n) is 15.1. The first kappa shape index (κ1) is 19.7. The number of aliphatic imine (C=N–C) groups is 1. The average molecular weight is 411 g/mol. The Morgan fingerprint density at radius 2 is 2.15 bits per heavy atom. The van der Waals surface area contributed by atoms with Gasteiger partial charge >= 0.3 is 0 Å². The van der Waals surface area contributed by atoms with Crippen LogP contribution in [0.5, 0.6) is 0 Å². The molecule has 1 aromatic rings. The number of amides is 2. The molecule has 0 aliphatic carbocycles. The second-order valence-corrected chi connectivity index (χ2v) is 9.11. The Morgan fingerprint density at radius 1 is 1.41 bits per heavy atom. The molecule has 0 spiro atoms. The Balaban J connectivity index is 1.71. The van der Waals surface area contributed by atoms with Crippen molar-refractivity contribution in [1.82, 2.24) is 14.9 Å². The predicted molar refractivity (Wildman–Crippen MR) is 104 cm³/mol. The number of carbonyl (C=O) groups excluding carboxylic acids is 2. The highest BCUT2D eigenvalue weighted by Crippen LogP contribution is 2.23. The number of amidine groups is 1. The summed E-state index contributed by atoms with van der Waals surface area (Å²) >= 11 is 1.51. The molecule has 2 amide bonds. The second kappa shape index (κ2) is 7.89. The smallest absolute Gasteiger partial charge is 0.263 e. The quantitative estimate of drug-likeness (QED) is 0.737. The summed E-state index contributed by atoms with van der Waals surface area (Å²) in [7, 11) is -3.64. The molecular formula is C17H22N4O4S2. The monoisotopic (exact) mass is 410 g/mol. The van der Waals surface area contributed by atoms with Gasteiger partial charge in [0.2, 0.25) is 11.8 Å². The molecule has 2 heterocycles. The number of sulfonamides is 1. The van der Waals surface area contributed by atoms with Crippen molar-refractivity contribution in [3.05, 3.63) is 29.8 Å². The van der Waals surface area contributed by atoms with Crippen molar-refractivity contribution in [2.24, 2.45) is 4.99 Å². The molecule has 10 heteroatoms. The van der Waals surface area contributed by atoms with E-state index in [2.05, 4.69) is 15.0 Å². The number of hydrogen-bond donors (Lipinski definition) is 2. The summed E-state index contributed by atoms with van der Waals surface area (Å²) in [6.07, 6.45) is 0.812. The van der Waals surface area contributed by atoms with Gasteiger partial charge in [-0.2, -0.15) is 0 Å². The fraction of sp³-hybridized carbons (Fsp3) is 0.471. The zero-order valence-corrected chi connectivity index (χ0v) is 16.8. The van der Waals surface area contributed by atoms with Gasteiger partial charge in [-0.05, 0) is 25.5 Å². The lowest BCUT2D eigenvalue weighted by molar-refractivity contribution is -0.137. The molecule has 2 aliphatic heterocycles. The van der Waals surface area contributed by atoms with E-state index in [0.29, 0.717) is 17.2 Å². The largest absolute Gasteiger partial charge is 0.352 e. The third kappa shape index (κ3) is 4.11. The third-order valence-corrected chi connectivity index (χ3v) is 6.95. The van der Waals surface area contributed by atoms with E-state index in [0.717, 1.165) is 6.42 Å². The molecule has 1 saturated heterocycles. The van der Waals surface area contributed by atoms with Gasteiger partial charge in [0.25, 0.3) is 10.0 Å². The van der Waals surface area contributed by atoms with E-state index in [4.69, 9.17) is 0 Å². The zero-order chi connectivity index (χ0) is 19.6. The summed E-state index contributed by atoms with van der Waals surface area (Å²) in [6, 6.07) is 6.01. The maximum absolute atomic E-state index is 12.6. The Kier molecular flexibility index (Phi) is 5.75. The number of thioether (sulfide) groups is 1. The van der Waals surface area contributed by atoms with Crippen molar-refractivity contribution in [3.63, 3.8) is 0 Å². The van der Waals surface area contributed by atoms with E-state index < -0.39 is 16.1 Å². The first-order valence-corrected chi connectivity index (χ1v) is 11.3. The summed E-state index contributed by atoms with van der Waals surface area (Å²) in [4.78, 5) is 30.8. The van der Waals surface area contributed by atoms with Gasteiger partial charge in [-0.1, -0.05) is 19.1 Å². The van der Waals surface area contributed by atoms with Crippen LogP contribution in [0.4, 0.5) is 0 Å². The number of rotatable bonds is 5.